The molecule has 0 bridgehead atoms. The predicted octanol–water partition coefficient (Wildman–Crippen LogP) is -1.15. The molecule has 1 fully saturated rings. The number of aromatic nitrogens is 2. The van der Waals surface area contributed by atoms with Crippen molar-refractivity contribution in [1.82, 2.24) is 24.5 Å². The molecule has 0 atom stereocenters. The second-order valence-electron chi connectivity index (χ2n) is 5.43. The Hall–Kier alpha value is -2.09. The van der Waals surface area contributed by atoms with Gasteiger partial charge in [-0.25, -0.2) is 0 Å². The van der Waals surface area contributed by atoms with Gasteiger partial charge in [0.05, 0.1) is 18.4 Å². The lowest BCUT2D eigenvalue weighted by Gasteiger charge is -2.34. The van der Waals surface area contributed by atoms with Crippen molar-refractivity contribution >= 4 is 17.5 Å². The highest BCUT2D eigenvalue weighted by molar-refractivity contribution is 5.97. The number of nitrogen functional groups attached to an aromatic ring is 1. The number of carbonyl (C=O) groups is 2. The highest BCUT2D eigenvalue weighted by atomic mass is 16.2. The minimum Gasteiger partial charge on any atom is -0.396 e. The van der Waals surface area contributed by atoms with Crippen LogP contribution in [0.4, 0.5) is 5.69 Å². The van der Waals surface area contributed by atoms with Crippen molar-refractivity contribution in [1.29, 1.82) is 0 Å². The second-order valence-corrected chi connectivity index (χ2v) is 5.43. The van der Waals surface area contributed by atoms with E-state index < -0.39 is 0 Å². The van der Waals surface area contributed by atoms with Crippen LogP contribution in [0.2, 0.25) is 0 Å². The summed E-state index contributed by atoms with van der Waals surface area (Å²) in [6.45, 7) is 2.93. The third-order valence-corrected chi connectivity index (χ3v) is 3.69. The average Bonchev–Trinajstić information content (AvgIpc) is 2.78. The minimum atomic E-state index is -0.105. The molecule has 0 radical (unpaired) electrons. The van der Waals surface area contributed by atoms with E-state index in [1.807, 2.05) is 0 Å². The van der Waals surface area contributed by atoms with Crippen LogP contribution in [0.25, 0.3) is 0 Å². The van der Waals surface area contributed by atoms with Crippen LogP contribution in [0.5, 0.6) is 0 Å². The fraction of sp³-hybridized carbons (Fsp3) is 0.615. The van der Waals surface area contributed by atoms with Crippen molar-refractivity contribution in [3.8, 4) is 0 Å². The van der Waals surface area contributed by atoms with Crippen molar-refractivity contribution in [2.75, 3.05) is 52.6 Å². The number of nitrogens with zero attached hydrogens (tertiary/aromatic N) is 5. The molecule has 2 heterocycles. The van der Waals surface area contributed by atoms with Gasteiger partial charge in [0.15, 0.2) is 0 Å². The lowest BCUT2D eigenvalue weighted by molar-refractivity contribution is -0.130. The third kappa shape index (κ3) is 3.33. The van der Waals surface area contributed by atoms with Gasteiger partial charge >= 0.3 is 0 Å². The van der Waals surface area contributed by atoms with Crippen molar-refractivity contribution in [2.45, 2.75) is 0 Å². The van der Waals surface area contributed by atoms with Crippen LogP contribution in [-0.4, -0.2) is 83.1 Å². The molecular formula is C13H22N6O2. The lowest BCUT2D eigenvalue weighted by atomic mass is 10.2. The largest absolute Gasteiger partial charge is 0.396 e. The minimum absolute atomic E-state index is 0.0747. The van der Waals surface area contributed by atoms with Gasteiger partial charge in [0.2, 0.25) is 5.91 Å². The number of hydrogen-bond acceptors (Lipinski definition) is 5. The molecule has 8 nitrogen and oxygen atoms in total. The van der Waals surface area contributed by atoms with Gasteiger partial charge in [-0.1, -0.05) is 0 Å². The number of piperazine rings is 1. The molecule has 2 N–H and O–H groups in total. The molecule has 1 aliphatic rings. The summed E-state index contributed by atoms with van der Waals surface area (Å²) in [6.07, 6.45) is 1.49. The van der Waals surface area contributed by atoms with Gasteiger partial charge in [-0.05, 0) is 0 Å². The first kappa shape index (κ1) is 15.3. The fourth-order valence-corrected chi connectivity index (χ4v) is 2.31. The van der Waals surface area contributed by atoms with Gasteiger partial charge in [-0.3, -0.25) is 19.2 Å². The Bertz CT molecular complexity index is 511. The molecule has 8 heteroatoms. The second kappa shape index (κ2) is 6.13. The van der Waals surface area contributed by atoms with Crippen LogP contribution in [0.3, 0.4) is 0 Å². The standard InChI is InChI=1S/C13H22N6O2/c1-16(2)11(20)9-18-4-6-19(7-5-18)13(21)12-10(14)8-15-17(12)3/h8H,4-7,9,14H2,1-3H3. The van der Waals surface area contributed by atoms with Gasteiger partial charge in [0, 0.05) is 47.3 Å². The summed E-state index contributed by atoms with van der Waals surface area (Å²) in [7, 11) is 5.19. The van der Waals surface area contributed by atoms with Crippen LogP contribution < -0.4 is 5.73 Å². The number of rotatable bonds is 3. The topological polar surface area (TPSA) is 87.7 Å². The molecule has 0 aromatic carbocycles. The summed E-state index contributed by atoms with van der Waals surface area (Å²) in [4.78, 5) is 29.5. The van der Waals surface area contributed by atoms with E-state index in [4.69, 9.17) is 5.73 Å². The molecule has 116 valence electrons. The first-order valence-corrected chi connectivity index (χ1v) is 6.89. The molecule has 1 aliphatic heterocycles. The third-order valence-electron chi connectivity index (χ3n) is 3.69. The molecule has 0 unspecified atom stereocenters. The van der Waals surface area contributed by atoms with Crippen LogP contribution in [0, 0.1) is 0 Å². The number of anilines is 1. The van der Waals surface area contributed by atoms with Gasteiger partial charge < -0.3 is 15.5 Å². The van der Waals surface area contributed by atoms with E-state index in [0.717, 1.165) is 0 Å². The Kier molecular flexibility index (Phi) is 4.46. The van der Waals surface area contributed by atoms with E-state index in [2.05, 4.69) is 10.00 Å². The summed E-state index contributed by atoms with van der Waals surface area (Å²) in [5.74, 6) is -0.0308. The Morgan fingerprint density at radius 2 is 1.90 bits per heavy atom. The predicted molar refractivity (Wildman–Crippen MR) is 78.7 cm³/mol. The SMILES string of the molecule is CN(C)C(=O)CN1CCN(C(=O)c2c(N)cnn2C)CC1. The monoisotopic (exact) mass is 294 g/mol. The van der Waals surface area contributed by atoms with E-state index in [-0.39, 0.29) is 11.8 Å². The first-order valence-electron chi connectivity index (χ1n) is 6.89. The van der Waals surface area contributed by atoms with Gasteiger partial charge in [-0.2, -0.15) is 5.10 Å². The number of nitrogens with two attached hydrogens (primary N) is 1. The number of carbonyl (C=O) groups excluding carboxylic acids is 2. The van der Waals surface area contributed by atoms with Gasteiger partial charge in [-0.15, -0.1) is 0 Å². The van der Waals surface area contributed by atoms with Gasteiger partial charge in [0.1, 0.15) is 5.69 Å². The maximum Gasteiger partial charge on any atom is 0.274 e. The van der Waals surface area contributed by atoms with Crippen LogP contribution in [-0.2, 0) is 11.8 Å². The zero-order chi connectivity index (χ0) is 15.6. The number of hydrogen-bond donors (Lipinski definition) is 1. The number of aryl methyl sites for hydroxylation is 1. The smallest absolute Gasteiger partial charge is 0.274 e. The first-order chi connectivity index (χ1) is 9.90. The van der Waals surface area contributed by atoms with E-state index in [1.54, 1.807) is 30.9 Å². The molecule has 1 aromatic rings. The molecule has 0 saturated carbocycles. The van der Waals surface area contributed by atoms with Crippen LogP contribution in [0.15, 0.2) is 6.20 Å². The summed E-state index contributed by atoms with van der Waals surface area (Å²) in [6, 6.07) is 0. The Morgan fingerprint density at radius 3 is 2.38 bits per heavy atom. The Labute approximate surface area is 124 Å². The maximum atomic E-state index is 12.4. The molecule has 21 heavy (non-hydrogen) atoms. The molecule has 0 spiro atoms. The summed E-state index contributed by atoms with van der Waals surface area (Å²) >= 11 is 0. The molecule has 1 saturated heterocycles. The Morgan fingerprint density at radius 1 is 1.29 bits per heavy atom. The summed E-state index contributed by atoms with van der Waals surface area (Å²) in [5, 5.41) is 3.99. The molecular weight excluding hydrogens is 272 g/mol. The van der Waals surface area contributed by atoms with Crippen LogP contribution in [0.1, 0.15) is 10.5 Å². The van der Waals surface area contributed by atoms with E-state index in [9.17, 15) is 9.59 Å². The quantitative estimate of drug-likeness (QED) is 0.760. The highest BCUT2D eigenvalue weighted by Gasteiger charge is 2.26. The fourth-order valence-electron chi connectivity index (χ4n) is 2.31. The van der Waals surface area contributed by atoms with E-state index in [1.165, 1.54) is 10.9 Å². The molecule has 1 aromatic heterocycles. The molecule has 2 rings (SSSR count). The molecule has 2 amide bonds. The van der Waals surface area contributed by atoms with Crippen molar-refractivity contribution in [3.63, 3.8) is 0 Å². The normalized spacial score (nSPS) is 16.0. The van der Waals surface area contributed by atoms with E-state index in [0.29, 0.717) is 44.1 Å². The zero-order valence-electron chi connectivity index (χ0n) is 12.7. The highest BCUT2D eigenvalue weighted by Crippen LogP contribution is 2.14. The van der Waals surface area contributed by atoms with Crippen molar-refractivity contribution in [3.05, 3.63) is 11.9 Å². The maximum absolute atomic E-state index is 12.4. The van der Waals surface area contributed by atoms with Gasteiger partial charge in [0.25, 0.3) is 5.91 Å². The van der Waals surface area contributed by atoms with Crippen molar-refractivity contribution in [2.24, 2.45) is 7.05 Å². The summed E-state index contributed by atoms with van der Waals surface area (Å²) in [5.41, 5.74) is 6.60. The number of likely N-dealkylation sites (N-methyl/N-ethyl adjacent to an activating group) is 1. The lowest BCUT2D eigenvalue weighted by Crippen LogP contribution is -2.51. The van der Waals surface area contributed by atoms with Crippen molar-refractivity contribution < 1.29 is 9.59 Å². The zero-order valence-corrected chi connectivity index (χ0v) is 12.7. The van der Waals surface area contributed by atoms with Crippen LogP contribution >= 0.6 is 0 Å². The summed E-state index contributed by atoms with van der Waals surface area (Å²) < 4.78 is 1.50. The number of amides is 2. The van der Waals surface area contributed by atoms with E-state index >= 15 is 0 Å². The Balaban J connectivity index is 1.92. The average molecular weight is 294 g/mol. The molecule has 0 aliphatic carbocycles.